The summed E-state index contributed by atoms with van der Waals surface area (Å²) in [5, 5.41) is 5.10. The van der Waals surface area contributed by atoms with Gasteiger partial charge in [-0.25, -0.2) is 9.59 Å². The van der Waals surface area contributed by atoms with Gasteiger partial charge in [0.1, 0.15) is 0 Å². The average Bonchev–Trinajstić information content (AvgIpc) is 3.02. The van der Waals surface area contributed by atoms with E-state index >= 15 is 0 Å². The first-order chi connectivity index (χ1) is 11.4. The fourth-order valence-electron chi connectivity index (χ4n) is 2.50. The Morgan fingerprint density at radius 1 is 1.29 bits per heavy atom. The molecule has 1 aliphatic rings. The van der Waals surface area contributed by atoms with E-state index in [0.29, 0.717) is 0 Å². The molecule has 3 amide bonds. The van der Waals surface area contributed by atoms with Gasteiger partial charge >= 0.3 is 12.0 Å². The predicted molar refractivity (Wildman–Crippen MR) is 89.7 cm³/mol. The topological polar surface area (TPSA) is 111 Å². The summed E-state index contributed by atoms with van der Waals surface area (Å²) in [5.41, 5.74) is 5.86. The fraction of sp³-hybridized carbons (Fsp3) is 0.438. The number of ether oxygens (including phenoxy) is 1. The first-order valence-corrected chi connectivity index (χ1v) is 8.12. The Hall–Kier alpha value is -2.28. The van der Waals surface area contributed by atoms with E-state index in [4.69, 9.17) is 22.1 Å². The lowest BCUT2D eigenvalue weighted by Gasteiger charge is -2.16. The molecule has 1 aromatic carbocycles. The van der Waals surface area contributed by atoms with E-state index in [2.05, 4.69) is 10.6 Å². The third kappa shape index (κ3) is 4.61. The van der Waals surface area contributed by atoms with Gasteiger partial charge in [0.05, 0.1) is 16.3 Å². The molecule has 24 heavy (non-hydrogen) atoms. The molecule has 7 nitrogen and oxygen atoms in total. The van der Waals surface area contributed by atoms with Crippen LogP contribution >= 0.6 is 11.6 Å². The number of rotatable bonds is 4. The third-order valence-electron chi connectivity index (χ3n) is 3.85. The molecule has 130 valence electrons. The van der Waals surface area contributed by atoms with Crippen LogP contribution in [0.4, 0.5) is 10.5 Å². The van der Waals surface area contributed by atoms with Crippen LogP contribution in [0, 0.1) is 0 Å². The molecule has 1 aromatic rings. The van der Waals surface area contributed by atoms with E-state index in [0.717, 1.165) is 25.7 Å². The van der Waals surface area contributed by atoms with Crippen LogP contribution in [0.5, 0.6) is 0 Å². The monoisotopic (exact) mass is 353 g/mol. The molecule has 1 unspecified atom stereocenters. The molecule has 0 aromatic heterocycles. The number of carbonyl (C=O) groups is 3. The molecule has 2 rings (SSSR count). The SMILES string of the molecule is CC(OC(=O)c1cccc(Cl)c1N)C(=O)NC(=O)NC1CCCC1. The molecule has 1 atom stereocenters. The highest BCUT2D eigenvalue weighted by atomic mass is 35.5. The Kier molecular flexibility index (Phi) is 6.03. The summed E-state index contributed by atoms with van der Waals surface area (Å²) in [7, 11) is 0. The minimum absolute atomic E-state index is 0.0672. The highest BCUT2D eigenvalue weighted by molar-refractivity contribution is 6.33. The number of nitrogens with two attached hydrogens (primary N) is 1. The summed E-state index contributed by atoms with van der Waals surface area (Å²) in [4.78, 5) is 35.7. The number of imide groups is 1. The minimum Gasteiger partial charge on any atom is -0.449 e. The number of para-hydroxylation sites is 1. The lowest BCUT2D eigenvalue weighted by molar-refractivity contribution is -0.127. The second-order valence-corrected chi connectivity index (χ2v) is 6.10. The number of hydrogen-bond donors (Lipinski definition) is 3. The van der Waals surface area contributed by atoms with Crippen LogP contribution in [0.15, 0.2) is 18.2 Å². The van der Waals surface area contributed by atoms with Crippen molar-refractivity contribution in [3.63, 3.8) is 0 Å². The number of anilines is 1. The van der Waals surface area contributed by atoms with Crippen LogP contribution in [-0.4, -0.2) is 30.1 Å². The zero-order valence-corrected chi connectivity index (χ0v) is 14.1. The molecule has 1 fully saturated rings. The number of benzene rings is 1. The molecule has 0 radical (unpaired) electrons. The van der Waals surface area contributed by atoms with Crippen molar-refractivity contribution in [2.45, 2.75) is 44.8 Å². The first kappa shape index (κ1) is 18.1. The van der Waals surface area contributed by atoms with Crippen LogP contribution in [0.25, 0.3) is 0 Å². The molecule has 0 spiro atoms. The Labute approximate surface area is 144 Å². The maximum atomic E-state index is 12.1. The van der Waals surface area contributed by atoms with Crippen LogP contribution in [0.1, 0.15) is 43.0 Å². The van der Waals surface area contributed by atoms with Crippen molar-refractivity contribution in [2.24, 2.45) is 0 Å². The maximum absolute atomic E-state index is 12.1. The number of hydrogen-bond acceptors (Lipinski definition) is 5. The highest BCUT2D eigenvalue weighted by Gasteiger charge is 2.24. The van der Waals surface area contributed by atoms with E-state index in [1.54, 1.807) is 6.07 Å². The number of urea groups is 1. The summed E-state index contributed by atoms with van der Waals surface area (Å²) in [6, 6.07) is 4.03. The summed E-state index contributed by atoms with van der Waals surface area (Å²) in [5.74, 6) is -1.49. The van der Waals surface area contributed by atoms with Crippen LogP contribution in [0.3, 0.4) is 0 Å². The number of halogens is 1. The summed E-state index contributed by atoms with van der Waals surface area (Å²) in [6.07, 6.45) is 2.78. The van der Waals surface area contributed by atoms with E-state index < -0.39 is 24.0 Å². The van der Waals surface area contributed by atoms with Crippen molar-refractivity contribution in [1.82, 2.24) is 10.6 Å². The number of carbonyl (C=O) groups excluding carboxylic acids is 3. The standard InChI is InChI=1S/C16H20ClN3O4/c1-9(14(21)20-16(23)19-10-5-2-3-6-10)24-15(22)11-7-4-8-12(17)13(11)18/h4,7-10H,2-3,5-6,18H2,1H3,(H2,19,20,21,23). The summed E-state index contributed by atoms with van der Waals surface area (Å²) in [6.45, 7) is 1.37. The van der Waals surface area contributed by atoms with Gasteiger partial charge in [-0.15, -0.1) is 0 Å². The molecular formula is C16H20ClN3O4. The Bertz CT molecular complexity index is 644. The van der Waals surface area contributed by atoms with Gasteiger partial charge in [-0.2, -0.15) is 0 Å². The van der Waals surface area contributed by atoms with Crippen molar-refractivity contribution < 1.29 is 19.1 Å². The van der Waals surface area contributed by atoms with Crippen molar-refractivity contribution in [2.75, 3.05) is 5.73 Å². The second-order valence-electron chi connectivity index (χ2n) is 5.69. The van der Waals surface area contributed by atoms with Crippen LogP contribution < -0.4 is 16.4 Å². The number of esters is 1. The smallest absolute Gasteiger partial charge is 0.341 e. The molecule has 0 aliphatic heterocycles. The van der Waals surface area contributed by atoms with Gasteiger partial charge in [-0.05, 0) is 31.9 Å². The molecule has 1 saturated carbocycles. The zero-order valence-electron chi connectivity index (χ0n) is 13.3. The zero-order chi connectivity index (χ0) is 17.7. The fourth-order valence-corrected chi connectivity index (χ4v) is 2.67. The number of nitrogens with one attached hydrogen (secondary N) is 2. The quantitative estimate of drug-likeness (QED) is 0.568. The summed E-state index contributed by atoms with van der Waals surface area (Å²) < 4.78 is 5.04. The molecule has 8 heteroatoms. The lowest BCUT2D eigenvalue weighted by Crippen LogP contribution is -2.47. The lowest BCUT2D eigenvalue weighted by atomic mass is 10.2. The minimum atomic E-state index is -1.15. The third-order valence-corrected chi connectivity index (χ3v) is 4.18. The molecule has 1 aliphatic carbocycles. The number of nitrogen functional groups attached to an aromatic ring is 1. The molecule has 0 saturated heterocycles. The van der Waals surface area contributed by atoms with Crippen molar-refractivity contribution in [3.05, 3.63) is 28.8 Å². The normalized spacial score (nSPS) is 15.6. The maximum Gasteiger partial charge on any atom is 0.341 e. The predicted octanol–water partition coefficient (Wildman–Crippen LogP) is 2.24. The second kappa shape index (κ2) is 8.01. The average molecular weight is 354 g/mol. The Morgan fingerprint density at radius 3 is 2.62 bits per heavy atom. The van der Waals surface area contributed by atoms with Crippen LogP contribution in [-0.2, 0) is 9.53 Å². The van der Waals surface area contributed by atoms with E-state index in [-0.39, 0.29) is 22.3 Å². The van der Waals surface area contributed by atoms with Gasteiger partial charge in [-0.1, -0.05) is 30.5 Å². The van der Waals surface area contributed by atoms with Gasteiger partial charge in [0.2, 0.25) is 0 Å². The Balaban J connectivity index is 1.87. The van der Waals surface area contributed by atoms with Crippen molar-refractivity contribution in [3.8, 4) is 0 Å². The van der Waals surface area contributed by atoms with Crippen molar-refractivity contribution in [1.29, 1.82) is 0 Å². The largest absolute Gasteiger partial charge is 0.449 e. The molecule has 0 heterocycles. The van der Waals surface area contributed by atoms with E-state index in [1.165, 1.54) is 19.1 Å². The van der Waals surface area contributed by atoms with Gasteiger partial charge in [0, 0.05) is 6.04 Å². The summed E-state index contributed by atoms with van der Waals surface area (Å²) >= 11 is 5.84. The van der Waals surface area contributed by atoms with E-state index in [1.807, 2.05) is 0 Å². The van der Waals surface area contributed by atoms with E-state index in [9.17, 15) is 14.4 Å². The molecule has 0 bridgehead atoms. The molecule has 4 N–H and O–H groups in total. The molecular weight excluding hydrogens is 334 g/mol. The van der Waals surface area contributed by atoms with Crippen LogP contribution in [0.2, 0.25) is 5.02 Å². The van der Waals surface area contributed by atoms with Crippen molar-refractivity contribution >= 4 is 35.2 Å². The van der Waals surface area contributed by atoms with Gasteiger partial charge in [0.25, 0.3) is 5.91 Å². The Morgan fingerprint density at radius 2 is 1.96 bits per heavy atom. The van der Waals surface area contributed by atoms with Gasteiger partial charge in [-0.3, -0.25) is 10.1 Å². The number of amides is 3. The van der Waals surface area contributed by atoms with Gasteiger partial charge < -0.3 is 15.8 Å². The first-order valence-electron chi connectivity index (χ1n) is 7.75. The highest BCUT2D eigenvalue weighted by Crippen LogP contribution is 2.23. The van der Waals surface area contributed by atoms with Gasteiger partial charge in [0.15, 0.2) is 6.10 Å².